The number of pyridine rings is 3. The fourth-order valence-corrected chi connectivity index (χ4v) is 12.6. The van der Waals surface area contributed by atoms with E-state index in [1.54, 1.807) is 83.1 Å². The Balaban J connectivity index is 0.000000374. The van der Waals surface area contributed by atoms with Gasteiger partial charge in [0, 0.05) is 127 Å². The largest absolute Gasteiger partial charge is 0.497 e. The van der Waals surface area contributed by atoms with Gasteiger partial charge in [-0.1, -0.05) is 90.5 Å². The highest BCUT2D eigenvalue weighted by molar-refractivity contribution is 7.46. The van der Waals surface area contributed by atoms with E-state index in [1.165, 1.54) is 66.8 Å². The minimum Gasteiger partial charge on any atom is -0.497 e. The number of methoxy groups -OCH3 is 3. The molecule has 9 aromatic rings. The lowest BCUT2D eigenvalue weighted by Crippen LogP contribution is -2.36. The molecule has 0 aliphatic carbocycles. The lowest BCUT2D eigenvalue weighted by atomic mass is 10.1. The molecular weight excluding hydrogens is 1620 g/mol. The van der Waals surface area contributed by atoms with Gasteiger partial charge in [0.15, 0.2) is 0 Å². The molecule has 0 saturated carbocycles. The lowest BCUT2D eigenvalue weighted by molar-refractivity contribution is -0.133. The smallest absolute Gasteiger partial charge is 0.469 e. The monoisotopic (exact) mass is 1730 g/mol. The predicted octanol–water partition coefficient (Wildman–Crippen LogP) is 12.4. The number of fused-ring (bicyclic) bond motifs is 3. The van der Waals surface area contributed by atoms with E-state index in [9.17, 15) is 42.5 Å². The maximum atomic E-state index is 13.5. The Kier molecular flexibility index (Phi) is 42.4. The third-order valence-electron chi connectivity index (χ3n) is 17.7. The van der Waals surface area contributed by atoms with Crippen LogP contribution in [0.3, 0.4) is 0 Å². The molecule has 0 atom stereocenters. The molecular formula is C81H117N12O24P3. The van der Waals surface area contributed by atoms with Gasteiger partial charge in [-0.3, -0.25) is 56.4 Å². The molecule has 6 N–H and O–H groups in total. The van der Waals surface area contributed by atoms with E-state index in [-0.39, 0.29) is 168 Å². The van der Waals surface area contributed by atoms with Crippen LogP contribution in [0.5, 0.6) is 34.9 Å². The van der Waals surface area contributed by atoms with Crippen molar-refractivity contribution in [2.45, 2.75) is 149 Å². The molecule has 0 radical (unpaired) electrons. The second kappa shape index (κ2) is 49.7. The molecule has 9 rings (SSSR count). The summed E-state index contributed by atoms with van der Waals surface area (Å²) in [7, 11) is -9.10. The number of carbonyl (C=O) groups excluding carboxylic acids is 6. The third kappa shape index (κ3) is 31.9. The molecule has 0 aliphatic heterocycles. The maximum absolute atomic E-state index is 13.5. The number of benzene rings is 3. The average Bonchev–Trinajstić information content (AvgIpc) is 1.64. The molecule has 6 aromatic heterocycles. The number of hydrogen-bond donors (Lipinski definition) is 6. The molecule has 660 valence electrons. The van der Waals surface area contributed by atoms with Gasteiger partial charge in [0.2, 0.25) is 52.7 Å². The zero-order chi connectivity index (χ0) is 85.6. The molecule has 3 aromatic carbocycles. The summed E-state index contributed by atoms with van der Waals surface area (Å²) in [4.78, 5) is 150. The fourth-order valence-electron chi connectivity index (χ4n) is 11.7. The van der Waals surface area contributed by atoms with Crippen LogP contribution >= 0.6 is 23.5 Å². The highest BCUT2D eigenvalue weighted by Gasteiger charge is 2.28. The summed E-state index contributed by atoms with van der Waals surface area (Å²) >= 11 is 0. The van der Waals surface area contributed by atoms with Gasteiger partial charge in [-0.2, -0.15) is 15.3 Å². The van der Waals surface area contributed by atoms with Crippen molar-refractivity contribution in [2.24, 2.45) is 11.8 Å². The molecule has 0 aliphatic rings. The van der Waals surface area contributed by atoms with E-state index in [2.05, 4.69) is 85.4 Å². The minimum atomic E-state index is -4.58. The Morgan fingerprint density at radius 2 is 0.658 bits per heavy atom. The third-order valence-corrected chi connectivity index (χ3v) is 19.3. The van der Waals surface area contributed by atoms with Crippen molar-refractivity contribution in [2.75, 3.05) is 100 Å². The van der Waals surface area contributed by atoms with Crippen molar-refractivity contribution >= 4 is 91.2 Å². The van der Waals surface area contributed by atoms with Crippen LogP contribution in [0.2, 0.25) is 0 Å². The zero-order valence-corrected chi connectivity index (χ0v) is 70.2. The first-order valence-corrected chi connectivity index (χ1v) is 42.8. The van der Waals surface area contributed by atoms with E-state index in [1.807, 2.05) is 23.6 Å². The van der Waals surface area contributed by atoms with Crippen LogP contribution in [0.4, 0.5) is 0 Å². The lowest BCUT2D eigenvalue weighted by Gasteiger charge is -2.24. The van der Waals surface area contributed by atoms with Gasteiger partial charge in [0.05, 0.1) is 57.7 Å². The van der Waals surface area contributed by atoms with Crippen LogP contribution in [0.15, 0.2) is 110 Å². The second-order valence-corrected chi connectivity index (χ2v) is 31.3. The molecule has 6 heterocycles. The summed E-state index contributed by atoms with van der Waals surface area (Å²) in [5.41, 5.74) is 3.11. The first-order valence-electron chi connectivity index (χ1n) is 38.2. The number of ketones is 3. The van der Waals surface area contributed by atoms with E-state index in [0.29, 0.717) is 101 Å². The van der Waals surface area contributed by atoms with Crippen LogP contribution in [-0.2, 0) is 61.3 Å². The van der Waals surface area contributed by atoms with Gasteiger partial charge in [-0.05, 0) is 105 Å². The topological polar surface area (TPSA) is 460 Å². The number of carbonyl (C=O) groups is 6. The van der Waals surface area contributed by atoms with Crippen molar-refractivity contribution in [3.05, 3.63) is 143 Å². The van der Waals surface area contributed by atoms with Gasteiger partial charge < -0.3 is 72.5 Å². The first kappa shape index (κ1) is 102. The summed E-state index contributed by atoms with van der Waals surface area (Å²) < 4.78 is 81.8. The number of rotatable bonds is 46. The predicted molar refractivity (Wildman–Crippen MR) is 452 cm³/mol. The number of unbranched alkanes of at least 4 members (excludes halogenated alkanes) is 2. The average molecular weight is 1740 g/mol. The Morgan fingerprint density at radius 3 is 0.892 bits per heavy atom. The normalized spacial score (nSPS) is 11.3. The number of hydrogen-bond acceptors (Lipinski definition) is 24. The molecule has 0 fully saturated rings. The number of nitrogens with zero attached hydrogens (tertiary/aromatic N) is 12. The summed E-state index contributed by atoms with van der Waals surface area (Å²) in [6.07, 6.45) is 11.2. The number of phosphoric acid groups is 3. The van der Waals surface area contributed by atoms with Gasteiger partial charge in [0.1, 0.15) is 73.8 Å². The van der Waals surface area contributed by atoms with E-state index in [4.69, 9.17) is 57.8 Å². The second-order valence-electron chi connectivity index (χ2n) is 27.5. The van der Waals surface area contributed by atoms with Crippen molar-refractivity contribution in [3.63, 3.8) is 0 Å². The molecule has 120 heavy (non-hydrogen) atoms. The molecule has 36 nitrogen and oxygen atoms in total. The number of aromatic nitrogens is 9. The van der Waals surface area contributed by atoms with E-state index in [0.717, 1.165) is 51.4 Å². The van der Waals surface area contributed by atoms with E-state index >= 15 is 0 Å². The number of amides is 3. The molecule has 3 amide bonds. The van der Waals surface area contributed by atoms with Crippen LogP contribution in [0.25, 0.3) is 32.7 Å². The standard InChI is InChI=1S/C28H39N4O8P.C26H35N4O8P.C24H31N4O8P.3CH4/c1-19(2)10-12-31(13-11-20(3)4)26(33)18-32-24-16-22(38-5)7-8-23(24)27(30-32)28(34)21-6-9-25(29-17-21)39-14-15-40-41(35,36)37;1-4-6-12-29(13-7-5-2)24(31)18-30-22-16-20(36-3)9-10-21(22)25(28-30)26(32)19-8-11-23(27-17-19)37-14-15-38-39(33,34)35;1-4-10-27(11-5-2)22(29)16-28-20-14-18(34-3)7-8-19(20)23(26-28)24(30)17-6-9-21(25-15-17)35-12-13-36-37(31,32)33;;;/h6-9,16-17,19-20H,10-15,18H2,1-5H3,(H2,35,36,37);8-11,16-17H,4-7,12-15,18H2,1-3H3,(H2,33,34,35);6-9,14-15H,4-5,10-13,16H2,1-3H3,(H2,31,32,33);3*1H4. The molecule has 0 saturated heterocycles. The molecule has 0 unspecified atom stereocenters. The Hall–Kier alpha value is -9.93. The Bertz CT molecular complexity index is 4880. The molecule has 0 bridgehead atoms. The van der Waals surface area contributed by atoms with Crippen molar-refractivity contribution in [3.8, 4) is 34.9 Å². The number of phosphoric ester groups is 3. The Labute approximate surface area is 699 Å². The summed E-state index contributed by atoms with van der Waals surface area (Å²) in [6, 6.07) is 24.6. The highest BCUT2D eigenvalue weighted by Crippen LogP contribution is 2.38. The summed E-state index contributed by atoms with van der Waals surface area (Å²) in [5.74, 6) is 1.76. The zero-order valence-electron chi connectivity index (χ0n) is 67.6. The van der Waals surface area contributed by atoms with Gasteiger partial charge in [-0.25, -0.2) is 28.6 Å². The molecule has 0 spiro atoms. The number of ether oxygens (including phenoxy) is 6. The summed E-state index contributed by atoms with van der Waals surface area (Å²) in [5, 5.41) is 15.4. The van der Waals surface area contributed by atoms with Crippen molar-refractivity contribution in [1.82, 2.24) is 59.0 Å². The fraction of sp³-hybridized carbons (Fsp3) is 0.481. The van der Waals surface area contributed by atoms with E-state index < -0.39 is 23.5 Å². The van der Waals surface area contributed by atoms with Gasteiger partial charge in [0.25, 0.3) is 0 Å². The van der Waals surface area contributed by atoms with Gasteiger partial charge in [-0.15, -0.1) is 0 Å². The van der Waals surface area contributed by atoms with Crippen molar-refractivity contribution in [1.29, 1.82) is 0 Å². The van der Waals surface area contributed by atoms with Crippen LogP contribution in [0, 0.1) is 11.8 Å². The van der Waals surface area contributed by atoms with Crippen molar-refractivity contribution < 1.29 is 114 Å². The Morgan fingerprint density at radius 1 is 0.383 bits per heavy atom. The van der Waals surface area contributed by atoms with Crippen LogP contribution in [0.1, 0.15) is 177 Å². The van der Waals surface area contributed by atoms with Crippen LogP contribution in [-0.4, -0.2) is 224 Å². The van der Waals surface area contributed by atoms with Gasteiger partial charge >= 0.3 is 23.5 Å². The van der Waals surface area contributed by atoms with Crippen LogP contribution < -0.4 is 28.4 Å². The first-order chi connectivity index (χ1) is 55.7. The summed E-state index contributed by atoms with van der Waals surface area (Å²) in [6.45, 7) is 19.2. The quantitative estimate of drug-likeness (QED) is 0.0117. The maximum Gasteiger partial charge on any atom is 0.469 e. The minimum absolute atomic E-state index is 0. The SMILES string of the molecule is C.C.C.CCCCN(CCCC)C(=O)Cn1nc(C(=O)c2ccc(OCCOP(=O)(O)O)nc2)c2ccc(OC)cc21.CCCN(CCC)C(=O)Cn1nc(C(=O)c2ccc(OCCOP(=O)(O)O)nc2)c2ccc(OC)cc21.COc1ccc2c(C(=O)c3ccc(OCCOP(=O)(O)O)nc3)nn(CC(=O)N(CCC(C)C)CCC(C)C)c2c1. The highest BCUT2D eigenvalue weighted by atomic mass is 31.2. The molecule has 39 heteroatoms.